The van der Waals surface area contributed by atoms with Crippen LogP contribution in [0.15, 0.2) is 0 Å². The first-order chi connectivity index (χ1) is 6.35. The second-order valence-electron chi connectivity index (χ2n) is 2.93. The summed E-state index contributed by atoms with van der Waals surface area (Å²) in [7, 11) is 0. The molecule has 1 amide bonds. The van der Waals surface area contributed by atoms with Gasteiger partial charge in [-0.05, 0) is 24.6 Å². The summed E-state index contributed by atoms with van der Waals surface area (Å²) in [4.78, 5) is 28.5. The zero-order valence-electron chi connectivity index (χ0n) is 8.27. The van der Waals surface area contributed by atoms with Gasteiger partial charge >= 0.3 is 6.72 Å². The summed E-state index contributed by atoms with van der Waals surface area (Å²) in [5.74, 6) is -0.283. The van der Waals surface area contributed by atoms with Gasteiger partial charge in [-0.2, -0.15) is 0 Å². The summed E-state index contributed by atoms with van der Waals surface area (Å²) in [6.07, 6.45) is 1.57. The lowest BCUT2D eigenvalue weighted by molar-refractivity contribution is -0.121. The highest BCUT2D eigenvalue weighted by atomic mass is 32.5. The normalized spacial score (nSPS) is 13.7. The van der Waals surface area contributed by atoms with E-state index in [1.54, 1.807) is 0 Å². The van der Waals surface area contributed by atoms with Crippen molar-refractivity contribution in [2.75, 3.05) is 0 Å². The predicted molar refractivity (Wildman–Crippen MR) is 56.9 cm³/mol. The number of carbonyl (C=O) groups is 1. The molecule has 0 saturated heterocycles. The van der Waals surface area contributed by atoms with Crippen molar-refractivity contribution in [2.24, 2.45) is 0 Å². The SMILES string of the molecule is CCCCC(NC(C)=O)OP(O)(O)=S. The van der Waals surface area contributed by atoms with Crippen molar-refractivity contribution in [1.82, 2.24) is 5.32 Å². The molecule has 0 radical (unpaired) electrons. The Morgan fingerprint density at radius 2 is 2.21 bits per heavy atom. The average Bonchev–Trinajstić information content (AvgIpc) is 1.96. The third-order valence-electron chi connectivity index (χ3n) is 1.45. The van der Waals surface area contributed by atoms with Crippen LogP contribution in [0.3, 0.4) is 0 Å². The minimum absolute atomic E-state index is 0.283. The number of hydrogen-bond donors (Lipinski definition) is 3. The standard InChI is InChI=1S/C7H16NO4PS/c1-3-4-5-7(8-6(2)9)12-13(10,11)14/h7H,3-5H2,1-2H3,(H,8,9)(H2,10,11,14). The molecule has 0 aromatic heterocycles. The smallest absolute Gasteiger partial charge is 0.323 e. The van der Waals surface area contributed by atoms with E-state index in [2.05, 4.69) is 17.1 Å². The molecule has 1 atom stereocenters. The molecule has 0 aromatic rings. The third-order valence-corrected chi connectivity index (χ3v) is 2.24. The number of nitrogens with one attached hydrogen (secondary N) is 1. The molecule has 0 bridgehead atoms. The molecule has 0 fully saturated rings. The molecule has 14 heavy (non-hydrogen) atoms. The molecule has 1 unspecified atom stereocenters. The van der Waals surface area contributed by atoms with E-state index in [1.807, 2.05) is 6.92 Å². The maximum atomic E-state index is 10.7. The first-order valence-electron chi connectivity index (χ1n) is 4.36. The van der Waals surface area contributed by atoms with Gasteiger partial charge in [-0.25, -0.2) is 0 Å². The van der Waals surface area contributed by atoms with Gasteiger partial charge in [-0.3, -0.25) is 9.32 Å². The molecule has 84 valence electrons. The van der Waals surface area contributed by atoms with Gasteiger partial charge < -0.3 is 15.1 Å². The molecule has 0 heterocycles. The topological polar surface area (TPSA) is 78.8 Å². The van der Waals surface area contributed by atoms with E-state index in [9.17, 15) is 4.79 Å². The zero-order chi connectivity index (χ0) is 11.2. The highest BCUT2D eigenvalue weighted by Gasteiger charge is 2.18. The lowest BCUT2D eigenvalue weighted by atomic mass is 10.2. The molecule has 0 rings (SSSR count). The van der Waals surface area contributed by atoms with Gasteiger partial charge in [0.1, 0.15) is 6.23 Å². The fourth-order valence-electron chi connectivity index (χ4n) is 0.933. The summed E-state index contributed by atoms with van der Waals surface area (Å²) in [5, 5.41) is 2.45. The van der Waals surface area contributed by atoms with Gasteiger partial charge in [0, 0.05) is 6.92 Å². The van der Waals surface area contributed by atoms with E-state index in [-0.39, 0.29) is 5.91 Å². The molecule has 5 nitrogen and oxygen atoms in total. The number of hydrogen-bond acceptors (Lipinski definition) is 3. The molecule has 0 aromatic carbocycles. The molecule has 0 saturated carbocycles. The van der Waals surface area contributed by atoms with E-state index < -0.39 is 12.9 Å². The van der Waals surface area contributed by atoms with Crippen molar-refractivity contribution < 1.29 is 19.1 Å². The number of carbonyl (C=O) groups excluding carboxylic acids is 1. The monoisotopic (exact) mass is 241 g/mol. The van der Waals surface area contributed by atoms with Crippen molar-refractivity contribution in [2.45, 2.75) is 39.3 Å². The maximum Gasteiger partial charge on any atom is 0.323 e. The first kappa shape index (κ1) is 14.0. The maximum absolute atomic E-state index is 10.7. The zero-order valence-corrected chi connectivity index (χ0v) is 9.98. The van der Waals surface area contributed by atoms with E-state index in [4.69, 9.17) is 14.3 Å². The Morgan fingerprint density at radius 1 is 1.64 bits per heavy atom. The van der Waals surface area contributed by atoms with Crippen LogP contribution >= 0.6 is 6.72 Å². The van der Waals surface area contributed by atoms with E-state index >= 15 is 0 Å². The molecule has 7 heteroatoms. The van der Waals surface area contributed by atoms with Gasteiger partial charge in [0.05, 0.1) is 0 Å². The van der Waals surface area contributed by atoms with Crippen molar-refractivity contribution in [1.29, 1.82) is 0 Å². The third kappa shape index (κ3) is 8.59. The molecular formula is C7H16NO4PS. The molecular weight excluding hydrogens is 225 g/mol. The van der Waals surface area contributed by atoms with Gasteiger partial charge in [0.2, 0.25) is 5.91 Å². The summed E-state index contributed by atoms with van der Waals surface area (Å²) < 4.78 is 4.76. The second-order valence-corrected chi connectivity index (χ2v) is 5.55. The Bertz CT molecular complexity index is 230. The Morgan fingerprint density at radius 3 is 2.57 bits per heavy atom. The van der Waals surface area contributed by atoms with Crippen LogP contribution in [0.25, 0.3) is 0 Å². The van der Waals surface area contributed by atoms with Crippen LogP contribution in [0.4, 0.5) is 0 Å². The minimum atomic E-state index is -3.70. The van der Waals surface area contributed by atoms with Crippen LogP contribution in [0.5, 0.6) is 0 Å². The van der Waals surface area contributed by atoms with Crippen LogP contribution in [0.1, 0.15) is 33.1 Å². The molecule has 0 aliphatic rings. The van der Waals surface area contributed by atoms with Crippen molar-refractivity contribution in [3.8, 4) is 0 Å². The van der Waals surface area contributed by atoms with E-state index in [0.717, 1.165) is 12.8 Å². The van der Waals surface area contributed by atoms with Gasteiger partial charge in [-0.15, -0.1) is 0 Å². The molecule has 3 N–H and O–H groups in total. The Kier molecular flexibility index (Phi) is 6.48. The van der Waals surface area contributed by atoms with Gasteiger partial charge in [0.15, 0.2) is 0 Å². The molecule has 0 aliphatic carbocycles. The van der Waals surface area contributed by atoms with Crippen LogP contribution in [-0.2, 0) is 21.1 Å². The van der Waals surface area contributed by atoms with Crippen LogP contribution in [0, 0.1) is 0 Å². The second kappa shape index (κ2) is 6.48. The Hall–Kier alpha value is -0.0000000000000000833. The van der Waals surface area contributed by atoms with E-state index in [1.165, 1.54) is 6.92 Å². The number of rotatable bonds is 6. The number of amides is 1. The van der Waals surface area contributed by atoms with Crippen LogP contribution in [0.2, 0.25) is 0 Å². The van der Waals surface area contributed by atoms with Crippen molar-refractivity contribution in [3.63, 3.8) is 0 Å². The highest BCUT2D eigenvalue weighted by Crippen LogP contribution is 2.38. The van der Waals surface area contributed by atoms with Crippen LogP contribution < -0.4 is 5.32 Å². The Labute approximate surface area is 88.7 Å². The minimum Gasteiger partial charge on any atom is -0.330 e. The summed E-state index contributed by atoms with van der Waals surface area (Å²) in [5.41, 5.74) is 0. The quantitative estimate of drug-likeness (QED) is 0.475. The molecule has 0 aliphatic heterocycles. The lowest BCUT2D eigenvalue weighted by Crippen LogP contribution is -2.34. The van der Waals surface area contributed by atoms with Gasteiger partial charge in [-0.1, -0.05) is 13.3 Å². The fraction of sp³-hybridized carbons (Fsp3) is 0.857. The predicted octanol–water partition coefficient (Wildman–Crippen LogP) is 0.864. The fourth-order valence-corrected chi connectivity index (χ4v) is 1.73. The van der Waals surface area contributed by atoms with Crippen LogP contribution in [-0.4, -0.2) is 21.9 Å². The number of unbranched alkanes of at least 4 members (excludes halogenated alkanes) is 1. The summed E-state index contributed by atoms with van der Waals surface area (Å²) >= 11 is 4.31. The average molecular weight is 241 g/mol. The van der Waals surface area contributed by atoms with Crippen molar-refractivity contribution in [3.05, 3.63) is 0 Å². The first-order valence-corrected chi connectivity index (χ1v) is 6.98. The largest absolute Gasteiger partial charge is 0.330 e. The lowest BCUT2D eigenvalue weighted by Gasteiger charge is -2.20. The Balaban J connectivity index is 4.10. The van der Waals surface area contributed by atoms with Gasteiger partial charge in [0.25, 0.3) is 0 Å². The summed E-state index contributed by atoms with van der Waals surface area (Å²) in [6, 6.07) is 0. The summed E-state index contributed by atoms with van der Waals surface area (Å²) in [6.45, 7) is -0.381. The van der Waals surface area contributed by atoms with Crippen molar-refractivity contribution >= 4 is 24.4 Å². The molecule has 0 spiro atoms. The van der Waals surface area contributed by atoms with E-state index in [0.29, 0.717) is 6.42 Å². The highest BCUT2D eigenvalue weighted by molar-refractivity contribution is 8.06.